The van der Waals surface area contributed by atoms with Crippen molar-refractivity contribution in [1.29, 1.82) is 0 Å². The van der Waals surface area contributed by atoms with Crippen molar-refractivity contribution in [3.8, 4) is 28.0 Å². The molecule has 0 amide bonds. The number of hydrogen-bond donors (Lipinski definition) is 4. The molecule has 32 heavy (non-hydrogen) atoms. The van der Waals surface area contributed by atoms with Gasteiger partial charge in [0.2, 0.25) is 0 Å². The fourth-order valence-corrected chi connectivity index (χ4v) is 4.22. The van der Waals surface area contributed by atoms with Gasteiger partial charge in [-0.3, -0.25) is 10.2 Å². The zero-order valence-corrected chi connectivity index (χ0v) is 19.1. The first-order valence-corrected chi connectivity index (χ1v) is 10.9. The van der Waals surface area contributed by atoms with E-state index in [1.165, 1.54) is 5.56 Å². The molecule has 0 spiro atoms. The number of phenols is 1. The van der Waals surface area contributed by atoms with Crippen LogP contribution in [0.4, 0.5) is 5.82 Å². The Balaban J connectivity index is 1.48. The minimum Gasteiger partial charge on any atom is -0.508 e. The second kappa shape index (κ2) is 8.19. The van der Waals surface area contributed by atoms with Crippen molar-refractivity contribution < 1.29 is 5.11 Å². The first kappa shape index (κ1) is 21.7. The van der Waals surface area contributed by atoms with Crippen molar-refractivity contribution in [3.63, 3.8) is 0 Å². The van der Waals surface area contributed by atoms with E-state index >= 15 is 0 Å². The van der Waals surface area contributed by atoms with Gasteiger partial charge in [-0.1, -0.05) is 64.1 Å². The third-order valence-electron chi connectivity index (χ3n) is 6.58. The van der Waals surface area contributed by atoms with Gasteiger partial charge in [-0.05, 0) is 52.0 Å². The molecule has 6 heteroatoms. The third-order valence-corrected chi connectivity index (χ3v) is 6.58. The molecule has 0 atom stereocenters. The Kier molecular flexibility index (Phi) is 5.55. The van der Waals surface area contributed by atoms with Crippen LogP contribution in [0.1, 0.15) is 51.7 Å². The fourth-order valence-electron chi connectivity index (χ4n) is 4.22. The standard InChI is InChI=1S/C26H31N5O/c1-25(2,20-8-5-17(6-9-20)21-16-30-31-24(21)27)11-12-26(3,4)22-10-7-18(13-23(22)32)19-14-28-29-15-19/h5-10,13-16,32H,11-12H2,1-4H3,(H,28,29)(H3,27,30,31). The van der Waals surface area contributed by atoms with E-state index in [9.17, 15) is 5.11 Å². The molecule has 4 aromatic rings. The van der Waals surface area contributed by atoms with Gasteiger partial charge in [0.1, 0.15) is 11.6 Å². The molecular weight excluding hydrogens is 398 g/mol. The van der Waals surface area contributed by atoms with Crippen LogP contribution in [0.25, 0.3) is 22.3 Å². The fraction of sp³-hybridized carbons (Fsp3) is 0.308. The number of benzene rings is 2. The van der Waals surface area contributed by atoms with Gasteiger partial charge in [-0.2, -0.15) is 10.2 Å². The predicted molar refractivity (Wildman–Crippen MR) is 129 cm³/mol. The summed E-state index contributed by atoms with van der Waals surface area (Å²) >= 11 is 0. The van der Waals surface area contributed by atoms with Gasteiger partial charge in [-0.15, -0.1) is 0 Å². The van der Waals surface area contributed by atoms with E-state index in [0.29, 0.717) is 11.6 Å². The lowest BCUT2D eigenvalue weighted by atomic mass is 9.72. The van der Waals surface area contributed by atoms with E-state index in [1.54, 1.807) is 12.4 Å². The zero-order valence-electron chi connectivity index (χ0n) is 19.1. The van der Waals surface area contributed by atoms with Gasteiger partial charge in [0.05, 0.1) is 12.4 Å². The lowest BCUT2D eigenvalue weighted by Crippen LogP contribution is -2.24. The van der Waals surface area contributed by atoms with Gasteiger partial charge < -0.3 is 10.8 Å². The van der Waals surface area contributed by atoms with Gasteiger partial charge in [0, 0.05) is 17.3 Å². The number of aromatic hydroxyl groups is 1. The summed E-state index contributed by atoms with van der Waals surface area (Å²) in [5.41, 5.74) is 11.9. The third kappa shape index (κ3) is 4.26. The summed E-state index contributed by atoms with van der Waals surface area (Å²) in [5, 5.41) is 24.4. The molecule has 0 saturated heterocycles. The zero-order chi connectivity index (χ0) is 22.9. The highest BCUT2D eigenvalue weighted by Gasteiger charge is 2.29. The van der Waals surface area contributed by atoms with E-state index in [2.05, 4.69) is 72.4 Å². The number of H-pyrrole nitrogens is 2. The Morgan fingerprint density at radius 2 is 1.53 bits per heavy atom. The SMILES string of the molecule is CC(C)(CCC(C)(C)c1ccc(-c2cn[nH]c2)cc1O)c1ccc(-c2cn[nH]c2N)cc1. The average Bonchev–Trinajstić information content (AvgIpc) is 3.44. The lowest BCUT2D eigenvalue weighted by Gasteiger charge is -2.32. The second-order valence-electron chi connectivity index (χ2n) is 9.76. The quantitative estimate of drug-likeness (QED) is 0.298. The minimum absolute atomic E-state index is 0.00983. The summed E-state index contributed by atoms with van der Waals surface area (Å²) in [6.07, 6.45) is 7.26. The van der Waals surface area contributed by atoms with Crippen molar-refractivity contribution in [2.45, 2.75) is 51.4 Å². The molecular formula is C26H31N5O. The number of anilines is 1. The van der Waals surface area contributed by atoms with Gasteiger partial charge in [-0.25, -0.2) is 0 Å². The maximum Gasteiger partial charge on any atom is 0.126 e. The highest BCUT2D eigenvalue weighted by molar-refractivity contribution is 5.73. The molecule has 5 N–H and O–H groups in total. The highest BCUT2D eigenvalue weighted by atomic mass is 16.3. The normalized spacial score (nSPS) is 12.2. The smallest absolute Gasteiger partial charge is 0.126 e. The number of phenolic OH excluding ortho intramolecular Hbond substituents is 1. The summed E-state index contributed by atoms with van der Waals surface area (Å²) in [7, 11) is 0. The largest absolute Gasteiger partial charge is 0.508 e. The highest BCUT2D eigenvalue weighted by Crippen LogP contribution is 2.40. The molecule has 0 aliphatic carbocycles. The maximum absolute atomic E-state index is 10.8. The topological polar surface area (TPSA) is 104 Å². The maximum atomic E-state index is 10.8. The number of nitrogen functional groups attached to an aromatic ring is 1. The number of aromatic amines is 2. The minimum atomic E-state index is -0.165. The summed E-state index contributed by atoms with van der Waals surface area (Å²) in [6, 6.07) is 14.5. The van der Waals surface area contributed by atoms with Crippen molar-refractivity contribution in [1.82, 2.24) is 20.4 Å². The summed E-state index contributed by atoms with van der Waals surface area (Å²) in [5.74, 6) is 0.908. The van der Waals surface area contributed by atoms with Gasteiger partial charge in [0.25, 0.3) is 0 Å². The van der Waals surface area contributed by atoms with Crippen LogP contribution in [0.2, 0.25) is 0 Å². The first-order chi connectivity index (χ1) is 15.2. The molecule has 2 heterocycles. The Morgan fingerprint density at radius 3 is 2.12 bits per heavy atom. The first-order valence-electron chi connectivity index (χ1n) is 10.9. The number of nitrogens with two attached hydrogens (primary N) is 1. The number of nitrogens with one attached hydrogen (secondary N) is 2. The number of rotatable bonds is 7. The van der Waals surface area contributed by atoms with Crippen LogP contribution in [0, 0.1) is 0 Å². The Labute approximate surface area is 188 Å². The number of hydrogen-bond acceptors (Lipinski definition) is 4. The van der Waals surface area contributed by atoms with Crippen LogP contribution >= 0.6 is 0 Å². The summed E-state index contributed by atoms with van der Waals surface area (Å²) in [6.45, 7) is 8.93. The van der Waals surface area contributed by atoms with E-state index in [-0.39, 0.29) is 10.8 Å². The summed E-state index contributed by atoms with van der Waals surface area (Å²) in [4.78, 5) is 0. The molecule has 6 nitrogen and oxygen atoms in total. The van der Waals surface area contributed by atoms with Gasteiger partial charge in [0.15, 0.2) is 0 Å². The van der Waals surface area contributed by atoms with E-state index < -0.39 is 0 Å². The summed E-state index contributed by atoms with van der Waals surface area (Å²) < 4.78 is 0. The molecule has 2 aromatic heterocycles. The molecule has 2 aromatic carbocycles. The van der Waals surface area contributed by atoms with Crippen molar-refractivity contribution >= 4 is 5.82 Å². The van der Waals surface area contributed by atoms with Crippen LogP contribution in [0.3, 0.4) is 0 Å². The Morgan fingerprint density at radius 1 is 0.844 bits per heavy atom. The van der Waals surface area contributed by atoms with E-state index in [4.69, 9.17) is 5.73 Å². The molecule has 0 aliphatic rings. The molecule has 0 unspecified atom stereocenters. The lowest BCUT2D eigenvalue weighted by molar-refractivity contribution is 0.361. The number of aromatic nitrogens is 4. The molecule has 4 rings (SSSR count). The molecule has 0 saturated carbocycles. The average molecular weight is 430 g/mol. The molecule has 166 valence electrons. The molecule has 0 bridgehead atoms. The molecule has 0 radical (unpaired) electrons. The van der Waals surface area contributed by atoms with Crippen molar-refractivity contribution in [3.05, 3.63) is 72.2 Å². The van der Waals surface area contributed by atoms with Crippen molar-refractivity contribution in [2.75, 3.05) is 5.73 Å². The predicted octanol–water partition coefficient (Wildman–Crippen LogP) is 5.79. The van der Waals surface area contributed by atoms with E-state index in [1.807, 2.05) is 24.4 Å². The molecule has 0 fully saturated rings. The van der Waals surface area contributed by atoms with Crippen LogP contribution in [0.5, 0.6) is 5.75 Å². The van der Waals surface area contributed by atoms with Crippen LogP contribution < -0.4 is 5.73 Å². The van der Waals surface area contributed by atoms with Crippen LogP contribution in [-0.4, -0.2) is 25.5 Å². The van der Waals surface area contributed by atoms with Crippen LogP contribution in [-0.2, 0) is 10.8 Å². The van der Waals surface area contributed by atoms with Crippen molar-refractivity contribution in [2.24, 2.45) is 0 Å². The monoisotopic (exact) mass is 429 g/mol. The second-order valence-corrected chi connectivity index (χ2v) is 9.76. The Hall–Kier alpha value is -3.54. The van der Waals surface area contributed by atoms with E-state index in [0.717, 1.165) is 40.7 Å². The van der Waals surface area contributed by atoms with Gasteiger partial charge >= 0.3 is 0 Å². The van der Waals surface area contributed by atoms with Crippen LogP contribution in [0.15, 0.2) is 61.1 Å². The molecule has 0 aliphatic heterocycles. The Bertz CT molecular complexity index is 1190. The number of nitrogens with zero attached hydrogens (tertiary/aromatic N) is 2.